The van der Waals surface area contributed by atoms with Crippen LogP contribution in [0.2, 0.25) is 0 Å². The molecule has 0 aromatic rings. The molecule has 0 aromatic heterocycles. The van der Waals surface area contributed by atoms with Gasteiger partial charge in [0.15, 0.2) is 0 Å². The molecule has 0 aromatic carbocycles. The van der Waals surface area contributed by atoms with E-state index < -0.39 is 0 Å². The van der Waals surface area contributed by atoms with Crippen molar-refractivity contribution in [1.29, 1.82) is 0 Å². The van der Waals surface area contributed by atoms with Gasteiger partial charge in [0, 0.05) is 24.3 Å². The molecule has 3 unspecified atom stereocenters. The van der Waals surface area contributed by atoms with Gasteiger partial charge in [-0.2, -0.15) is 11.8 Å². The second-order valence-electron chi connectivity index (χ2n) is 5.46. The maximum atomic E-state index is 10.2. The lowest BCUT2D eigenvalue weighted by Crippen LogP contribution is -2.43. The Bertz CT molecular complexity index is 224. The molecule has 0 spiro atoms. The molecule has 0 radical (unpaired) electrons. The van der Waals surface area contributed by atoms with Gasteiger partial charge in [0.1, 0.15) is 0 Å². The summed E-state index contributed by atoms with van der Waals surface area (Å²) in [5, 5.41) is 10.2. The number of hydrogen-bond donors (Lipinski definition) is 1. The Morgan fingerprint density at radius 1 is 1.18 bits per heavy atom. The number of thioether (sulfide) groups is 1. The molecule has 1 N–H and O–H groups in total. The van der Waals surface area contributed by atoms with Crippen LogP contribution in [0.1, 0.15) is 45.4 Å². The molecule has 1 heterocycles. The predicted octanol–water partition coefficient (Wildman–Crippen LogP) is 2.76. The molecule has 1 aliphatic carbocycles. The van der Waals surface area contributed by atoms with Gasteiger partial charge in [-0.1, -0.05) is 19.8 Å². The second kappa shape index (κ2) is 7.01. The predicted molar refractivity (Wildman–Crippen MR) is 75.6 cm³/mol. The standard InChI is InChI=1S/C14H27NOS/c1-2-17-11-10-15-9-5-7-13(15)12-6-3-4-8-14(12)16/h12-14,16H,2-11H2,1H3. The molecule has 2 nitrogen and oxygen atoms in total. The maximum absolute atomic E-state index is 10.2. The van der Waals surface area contributed by atoms with E-state index in [0.717, 1.165) is 6.42 Å². The van der Waals surface area contributed by atoms with Gasteiger partial charge in [0.2, 0.25) is 0 Å². The molecule has 0 amide bonds. The molecule has 3 atom stereocenters. The van der Waals surface area contributed by atoms with Gasteiger partial charge in [-0.3, -0.25) is 4.90 Å². The highest BCUT2D eigenvalue weighted by molar-refractivity contribution is 7.99. The first-order valence-electron chi connectivity index (χ1n) is 7.32. The summed E-state index contributed by atoms with van der Waals surface area (Å²) < 4.78 is 0. The Morgan fingerprint density at radius 3 is 2.76 bits per heavy atom. The second-order valence-corrected chi connectivity index (χ2v) is 6.85. The van der Waals surface area contributed by atoms with Crippen LogP contribution in [0, 0.1) is 5.92 Å². The summed E-state index contributed by atoms with van der Waals surface area (Å²) in [7, 11) is 0. The summed E-state index contributed by atoms with van der Waals surface area (Å²) in [5.74, 6) is 3.05. The van der Waals surface area contributed by atoms with Crippen LogP contribution in [0.15, 0.2) is 0 Å². The Labute approximate surface area is 110 Å². The van der Waals surface area contributed by atoms with Crippen molar-refractivity contribution in [2.75, 3.05) is 24.6 Å². The average molecular weight is 257 g/mol. The number of rotatable bonds is 5. The number of aliphatic hydroxyl groups is 1. The highest BCUT2D eigenvalue weighted by Crippen LogP contribution is 2.34. The monoisotopic (exact) mass is 257 g/mol. The first-order chi connectivity index (χ1) is 8.33. The molecule has 1 aliphatic heterocycles. The maximum Gasteiger partial charge on any atom is 0.0583 e. The van der Waals surface area contributed by atoms with Crippen molar-refractivity contribution < 1.29 is 5.11 Å². The summed E-state index contributed by atoms with van der Waals surface area (Å²) in [6.45, 7) is 4.72. The molecule has 1 saturated heterocycles. The Kier molecular flexibility index (Phi) is 5.64. The van der Waals surface area contributed by atoms with Crippen LogP contribution >= 0.6 is 11.8 Å². The van der Waals surface area contributed by atoms with Crippen molar-refractivity contribution in [3.8, 4) is 0 Å². The molecule has 17 heavy (non-hydrogen) atoms. The third-order valence-corrected chi connectivity index (χ3v) is 5.30. The highest BCUT2D eigenvalue weighted by atomic mass is 32.2. The van der Waals surface area contributed by atoms with Crippen molar-refractivity contribution in [2.45, 2.75) is 57.6 Å². The van der Waals surface area contributed by atoms with E-state index in [9.17, 15) is 5.11 Å². The first-order valence-corrected chi connectivity index (χ1v) is 8.48. The van der Waals surface area contributed by atoms with Crippen molar-refractivity contribution in [1.82, 2.24) is 4.90 Å². The van der Waals surface area contributed by atoms with E-state index in [1.54, 1.807) is 0 Å². The Balaban J connectivity index is 1.84. The summed E-state index contributed by atoms with van der Waals surface area (Å²) in [6.07, 6.45) is 7.49. The Hall–Kier alpha value is 0.270. The average Bonchev–Trinajstić information content (AvgIpc) is 2.78. The van der Waals surface area contributed by atoms with Crippen molar-refractivity contribution in [3.63, 3.8) is 0 Å². The lowest BCUT2D eigenvalue weighted by molar-refractivity contribution is 0.0238. The van der Waals surface area contributed by atoms with Gasteiger partial charge in [0.05, 0.1) is 6.10 Å². The molecule has 2 fully saturated rings. The fourth-order valence-electron chi connectivity index (χ4n) is 3.53. The smallest absolute Gasteiger partial charge is 0.0583 e. The SMILES string of the molecule is CCSCCN1CCCC1C1CCCCC1O. The number of likely N-dealkylation sites (tertiary alicyclic amines) is 1. The fraction of sp³-hybridized carbons (Fsp3) is 1.00. The topological polar surface area (TPSA) is 23.5 Å². The van der Waals surface area contributed by atoms with Gasteiger partial charge in [-0.25, -0.2) is 0 Å². The van der Waals surface area contributed by atoms with Crippen LogP contribution in [0.5, 0.6) is 0 Å². The zero-order chi connectivity index (χ0) is 12.1. The normalized spacial score (nSPS) is 35.3. The van der Waals surface area contributed by atoms with Crippen molar-refractivity contribution in [3.05, 3.63) is 0 Å². The van der Waals surface area contributed by atoms with E-state index in [1.807, 2.05) is 11.8 Å². The van der Waals surface area contributed by atoms with Gasteiger partial charge in [-0.05, 0) is 38.0 Å². The number of hydrogen-bond acceptors (Lipinski definition) is 3. The zero-order valence-corrected chi connectivity index (χ0v) is 11.9. The van der Waals surface area contributed by atoms with Gasteiger partial charge < -0.3 is 5.11 Å². The third kappa shape index (κ3) is 3.62. The highest BCUT2D eigenvalue weighted by Gasteiger charge is 2.36. The summed E-state index contributed by atoms with van der Waals surface area (Å²) >= 11 is 2.04. The van der Waals surface area contributed by atoms with Crippen LogP contribution in [-0.2, 0) is 0 Å². The zero-order valence-electron chi connectivity index (χ0n) is 11.1. The number of aliphatic hydroxyl groups excluding tert-OH is 1. The van der Waals surface area contributed by atoms with Gasteiger partial charge in [0.25, 0.3) is 0 Å². The van der Waals surface area contributed by atoms with E-state index in [2.05, 4.69) is 11.8 Å². The summed E-state index contributed by atoms with van der Waals surface area (Å²) in [4.78, 5) is 2.65. The van der Waals surface area contributed by atoms with Crippen molar-refractivity contribution in [2.24, 2.45) is 5.92 Å². The quantitative estimate of drug-likeness (QED) is 0.766. The largest absolute Gasteiger partial charge is 0.393 e. The fourth-order valence-corrected chi connectivity index (χ4v) is 4.18. The van der Waals surface area contributed by atoms with Crippen LogP contribution in [0.25, 0.3) is 0 Å². The summed E-state index contributed by atoms with van der Waals surface area (Å²) in [5.41, 5.74) is 0. The van der Waals surface area contributed by atoms with Gasteiger partial charge >= 0.3 is 0 Å². The van der Waals surface area contributed by atoms with Crippen LogP contribution in [-0.4, -0.2) is 46.7 Å². The van der Waals surface area contributed by atoms with E-state index in [4.69, 9.17) is 0 Å². The van der Waals surface area contributed by atoms with Crippen LogP contribution in [0.4, 0.5) is 0 Å². The molecule has 1 saturated carbocycles. The first kappa shape index (κ1) is 13.7. The van der Waals surface area contributed by atoms with E-state index >= 15 is 0 Å². The molecule has 2 aliphatic rings. The van der Waals surface area contributed by atoms with Gasteiger partial charge in [-0.15, -0.1) is 0 Å². The van der Waals surface area contributed by atoms with E-state index in [0.29, 0.717) is 12.0 Å². The lowest BCUT2D eigenvalue weighted by Gasteiger charge is -2.37. The van der Waals surface area contributed by atoms with Crippen LogP contribution < -0.4 is 0 Å². The lowest BCUT2D eigenvalue weighted by atomic mass is 9.80. The van der Waals surface area contributed by atoms with E-state index in [1.165, 1.54) is 56.7 Å². The third-order valence-electron chi connectivity index (χ3n) is 4.42. The summed E-state index contributed by atoms with van der Waals surface area (Å²) in [6, 6.07) is 0.683. The molecule has 3 heteroatoms. The van der Waals surface area contributed by atoms with Crippen molar-refractivity contribution >= 4 is 11.8 Å². The molecule has 2 rings (SSSR count). The molecule has 0 bridgehead atoms. The Morgan fingerprint density at radius 2 is 2.00 bits per heavy atom. The van der Waals surface area contributed by atoms with Crippen LogP contribution in [0.3, 0.4) is 0 Å². The molecule has 100 valence electrons. The molecular formula is C14H27NOS. The number of nitrogens with zero attached hydrogens (tertiary/aromatic N) is 1. The van der Waals surface area contributed by atoms with E-state index in [-0.39, 0.29) is 6.10 Å². The molecular weight excluding hydrogens is 230 g/mol. The minimum Gasteiger partial charge on any atom is -0.393 e. The minimum absolute atomic E-state index is 0.0202. The minimum atomic E-state index is -0.0202.